The number of anilines is 2. The van der Waals surface area contributed by atoms with Crippen molar-refractivity contribution in [1.82, 2.24) is 0 Å². The van der Waals surface area contributed by atoms with Gasteiger partial charge in [0.05, 0.1) is 5.69 Å². The molecule has 2 rings (SSSR count). The first-order valence-electron chi connectivity index (χ1n) is 5.36. The first-order valence-corrected chi connectivity index (χ1v) is 5.36. The summed E-state index contributed by atoms with van der Waals surface area (Å²) in [5, 5.41) is 12.8. The summed E-state index contributed by atoms with van der Waals surface area (Å²) >= 11 is 0. The van der Waals surface area contributed by atoms with Crippen molar-refractivity contribution < 1.29 is 5.11 Å². The molecular formula is C14H14NO. The standard InChI is InChI=1S/C14H14NO/c1-2-11-7-3-4-8-12(11)15-13-9-5-6-10-14(13)16/h3-7,9-10,15-16H,2H2,1H3. The molecule has 0 aliphatic heterocycles. The highest BCUT2D eigenvalue weighted by molar-refractivity contribution is 5.67. The summed E-state index contributed by atoms with van der Waals surface area (Å²) in [4.78, 5) is 0. The highest BCUT2D eigenvalue weighted by Gasteiger charge is 2.03. The number of phenolic OH excluding ortho intramolecular Hbond substituents is 1. The first kappa shape index (κ1) is 10.6. The van der Waals surface area contributed by atoms with Crippen molar-refractivity contribution in [2.75, 3.05) is 5.32 Å². The van der Waals surface area contributed by atoms with Crippen LogP contribution in [-0.2, 0) is 6.42 Å². The molecule has 1 radical (unpaired) electrons. The highest BCUT2D eigenvalue weighted by Crippen LogP contribution is 2.27. The Hall–Kier alpha value is -1.96. The van der Waals surface area contributed by atoms with Crippen molar-refractivity contribution in [1.29, 1.82) is 0 Å². The van der Waals surface area contributed by atoms with Gasteiger partial charge in [-0.1, -0.05) is 37.3 Å². The van der Waals surface area contributed by atoms with Gasteiger partial charge < -0.3 is 10.4 Å². The van der Waals surface area contributed by atoms with Gasteiger partial charge in [0.2, 0.25) is 0 Å². The fraction of sp³-hybridized carbons (Fsp3) is 0.143. The molecule has 0 atom stereocenters. The van der Waals surface area contributed by atoms with E-state index >= 15 is 0 Å². The first-order chi connectivity index (χ1) is 7.81. The number of para-hydroxylation sites is 3. The molecule has 0 aromatic heterocycles. The number of rotatable bonds is 3. The average Bonchev–Trinajstić information content (AvgIpc) is 2.33. The van der Waals surface area contributed by atoms with Gasteiger partial charge in [-0.2, -0.15) is 0 Å². The third-order valence-corrected chi connectivity index (χ3v) is 2.49. The Balaban J connectivity index is 2.30. The summed E-state index contributed by atoms with van der Waals surface area (Å²) in [5.74, 6) is 0.252. The predicted octanol–water partition coefficient (Wildman–Crippen LogP) is 3.50. The smallest absolute Gasteiger partial charge is 0.139 e. The molecule has 0 saturated carbocycles. The number of hydrogen-bond donors (Lipinski definition) is 2. The Kier molecular flexibility index (Phi) is 3.10. The number of aryl methyl sites for hydroxylation is 1. The summed E-state index contributed by atoms with van der Waals surface area (Å²) in [6.07, 6.45) is 0.938. The van der Waals surface area contributed by atoms with E-state index in [2.05, 4.69) is 24.4 Å². The topological polar surface area (TPSA) is 32.3 Å². The molecule has 2 aromatic carbocycles. The molecule has 0 spiro atoms. The SMILES string of the molecule is CCc1ccc[c]c1Nc1ccccc1O. The van der Waals surface area contributed by atoms with E-state index < -0.39 is 0 Å². The molecule has 0 heterocycles. The number of aromatic hydroxyl groups is 1. The van der Waals surface area contributed by atoms with Crippen LogP contribution in [0.1, 0.15) is 12.5 Å². The van der Waals surface area contributed by atoms with Crippen molar-refractivity contribution >= 4 is 11.4 Å². The maximum absolute atomic E-state index is 9.66. The number of hydrogen-bond acceptors (Lipinski definition) is 2. The molecule has 16 heavy (non-hydrogen) atoms. The van der Waals surface area contributed by atoms with Crippen LogP contribution in [0.2, 0.25) is 0 Å². The average molecular weight is 212 g/mol. The van der Waals surface area contributed by atoms with Crippen molar-refractivity contribution in [3.63, 3.8) is 0 Å². The Morgan fingerprint density at radius 2 is 2.00 bits per heavy atom. The lowest BCUT2D eigenvalue weighted by Crippen LogP contribution is -1.95. The number of nitrogens with one attached hydrogen (secondary N) is 1. The molecule has 2 nitrogen and oxygen atoms in total. The summed E-state index contributed by atoms with van der Waals surface area (Å²) in [6.45, 7) is 2.10. The van der Waals surface area contributed by atoms with Gasteiger partial charge in [0.15, 0.2) is 0 Å². The zero-order chi connectivity index (χ0) is 11.4. The highest BCUT2D eigenvalue weighted by atomic mass is 16.3. The lowest BCUT2D eigenvalue weighted by atomic mass is 10.1. The summed E-state index contributed by atoms with van der Waals surface area (Å²) < 4.78 is 0. The summed E-state index contributed by atoms with van der Waals surface area (Å²) in [7, 11) is 0. The summed E-state index contributed by atoms with van der Waals surface area (Å²) in [6, 6.07) is 16.2. The van der Waals surface area contributed by atoms with Crippen molar-refractivity contribution in [3.8, 4) is 5.75 Å². The molecular weight excluding hydrogens is 198 g/mol. The zero-order valence-corrected chi connectivity index (χ0v) is 9.20. The van der Waals surface area contributed by atoms with Crippen LogP contribution in [0, 0.1) is 6.07 Å². The van der Waals surface area contributed by atoms with Crippen LogP contribution in [0.4, 0.5) is 11.4 Å². The summed E-state index contributed by atoms with van der Waals surface area (Å²) in [5.41, 5.74) is 2.82. The Morgan fingerprint density at radius 1 is 1.19 bits per heavy atom. The molecule has 0 saturated heterocycles. The zero-order valence-electron chi connectivity index (χ0n) is 9.20. The maximum atomic E-state index is 9.66. The molecule has 81 valence electrons. The largest absolute Gasteiger partial charge is 0.506 e. The van der Waals surface area contributed by atoms with E-state index in [-0.39, 0.29) is 5.75 Å². The molecule has 0 unspecified atom stereocenters. The van der Waals surface area contributed by atoms with Crippen LogP contribution < -0.4 is 5.32 Å². The Labute approximate surface area is 95.6 Å². The van der Waals surface area contributed by atoms with Gasteiger partial charge in [0, 0.05) is 11.8 Å². The fourth-order valence-corrected chi connectivity index (χ4v) is 1.60. The van der Waals surface area contributed by atoms with Crippen LogP contribution in [-0.4, -0.2) is 5.11 Å². The molecule has 0 aliphatic carbocycles. The quantitative estimate of drug-likeness (QED) is 0.763. The molecule has 0 aliphatic rings. The van der Waals surface area contributed by atoms with E-state index in [1.54, 1.807) is 12.1 Å². The monoisotopic (exact) mass is 212 g/mol. The van der Waals surface area contributed by atoms with Gasteiger partial charge in [-0.3, -0.25) is 0 Å². The number of phenols is 1. The Bertz CT molecular complexity index is 480. The van der Waals surface area contributed by atoms with E-state index in [4.69, 9.17) is 0 Å². The van der Waals surface area contributed by atoms with Gasteiger partial charge in [0.25, 0.3) is 0 Å². The van der Waals surface area contributed by atoms with E-state index in [0.29, 0.717) is 5.69 Å². The van der Waals surface area contributed by atoms with Gasteiger partial charge in [-0.25, -0.2) is 0 Å². The molecule has 0 fully saturated rings. The number of benzene rings is 2. The minimum atomic E-state index is 0.252. The molecule has 0 amide bonds. The minimum Gasteiger partial charge on any atom is -0.506 e. The second-order valence-electron chi connectivity index (χ2n) is 3.57. The maximum Gasteiger partial charge on any atom is 0.139 e. The second-order valence-corrected chi connectivity index (χ2v) is 3.57. The van der Waals surface area contributed by atoms with E-state index in [1.807, 2.05) is 24.3 Å². The molecule has 2 heteroatoms. The lowest BCUT2D eigenvalue weighted by Gasteiger charge is -2.11. The molecule has 2 aromatic rings. The second kappa shape index (κ2) is 4.71. The van der Waals surface area contributed by atoms with Crippen molar-refractivity contribution in [2.24, 2.45) is 0 Å². The van der Waals surface area contributed by atoms with Gasteiger partial charge in [-0.15, -0.1) is 0 Å². The van der Waals surface area contributed by atoms with Crippen LogP contribution >= 0.6 is 0 Å². The molecule has 0 bridgehead atoms. The van der Waals surface area contributed by atoms with Gasteiger partial charge in [-0.05, 0) is 24.1 Å². The minimum absolute atomic E-state index is 0.252. The predicted molar refractivity (Wildman–Crippen MR) is 66.0 cm³/mol. The van der Waals surface area contributed by atoms with Crippen molar-refractivity contribution in [3.05, 3.63) is 54.1 Å². The lowest BCUT2D eigenvalue weighted by molar-refractivity contribution is 0.478. The van der Waals surface area contributed by atoms with Gasteiger partial charge >= 0.3 is 0 Å². The fourth-order valence-electron chi connectivity index (χ4n) is 1.60. The van der Waals surface area contributed by atoms with Crippen LogP contribution in [0.15, 0.2) is 42.5 Å². The third-order valence-electron chi connectivity index (χ3n) is 2.49. The Morgan fingerprint density at radius 3 is 2.75 bits per heavy atom. The van der Waals surface area contributed by atoms with E-state index in [1.165, 1.54) is 5.56 Å². The molecule has 2 N–H and O–H groups in total. The normalized spacial score (nSPS) is 10.1. The van der Waals surface area contributed by atoms with E-state index in [9.17, 15) is 5.11 Å². The van der Waals surface area contributed by atoms with Crippen LogP contribution in [0.5, 0.6) is 5.75 Å². The van der Waals surface area contributed by atoms with Gasteiger partial charge in [0.1, 0.15) is 5.75 Å². The van der Waals surface area contributed by atoms with E-state index in [0.717, 1.165) is 12.1 Å². The van der Waals surface area contributed by atoms with Crippen LogP contribution in [0.25, 0.3) is 0 Å². The van der Waals surface area contributed by atoms with Crippen molar-refractivity contribution in [2.45, 2.75) is 13.3 Å². The van der Waals surface area contributed by atoms with Crippen LogP contribution in [0.3, 0.4) is 0 Å². The third kappa shape index (κ3) is 2.16.